The second-order valence-electron chi connectivity index (χ2n) is 15.8. The van der Waals surface area contributed by atoms with Crippen molar-refractivity contribution >= 4 is 65.7 Å². The molecule has 0 unspecified atom stereocenters. The van der Waals surface area contributed by atoms with Gasteiger partial charge in [-0.1, -0.05) is 115 Å². The van der Waals surface area contributed by atoms with Crippen LogP contribution in [0.15, 0.2) is 212 Å². The van der Waals surface area contributed by atoms with Gasteiger partial charge in [0.05, 0.1) is 4.75 Å². The highest BCUT2D eigenvalue weighted by Gasteiger charge is 2.50. The third kappa shape index (κ3) is 5.81. The van der Waals surface area contributed by atoms with Gasteiger partial charge in [0.2, 0.25) is 0 Å². The van der Waals surface area contributed by atoms with Crippen LogP contribution in [-0.4, -0.2) is 18.8 Å². The first-order valence-electron chi connectivity index (χ1n) is 19.6. The molecule has 0 atom stereocenters. The van der Waals surface area contributed by atoms with E-state index in [1.54, 1.807) is 0 Å². The van der Waals surface area contributed by atoms with Crippen molar-refractivity contribution in [3.8, 4) is 11.1 Å². The summed E-state index contributed by atoms with van der Waals surface area (Å²) in [4.78, 5) is 4.72. The molecule has 9 aromatic rings. The second-order valence-corrected chi connectivity index (χ2v) is 20.0. The molecule has 9 aromatic carbocycles. The molecule has 0 N–H and O–H groups in total. The van der Waals surface area contributed by atoms with Gasteiger partial charge in [-0.25, -0.2) is 10.0 Å². The normalized spacial score (nSPS) is 13.2. The molecule has 276 valence electrons. The molecule has 0 heterocycles. The lowest BCUT2D eigenvalue weighted by molar-refractivity contribution is 0.917. The standard InChI is InChI=1S/C54H44N2S/c1-57(2,3)54(43-19-9-4-10-20-43)52-37-41-33-48(55(44-21-11-5-12-22-44)45-23-13-6-14-24-45)31-29-39(41)35-50(52)51-36-40-30-32-49(34-42(40)38-53(51)54)56(46-25-15-7-16-26-46)47-27-17-8-18-28-47/h4-38H,1-3H3. The Balaban J connectivity index is 1.20. The van der Waals surface area contributed by atoms with E-state index in [1.807, 2.05) is 0 Å². The Bertz CT molecular complexity index is 2620. The van der Waals surface area contributed by atoms with Crippen LogP contribution in [-0.2, 0) is 4.75 Å². The number of hydrogen-bond acceptors (Lipinski definition) is 2. The molecule has 0 spiro atoms. The zero-order valence-corrected chi connectivity index (χ0v) is 33.3. The third-order valence-electron chi connectivity index (χ3n) is 11.6. The van der Waals surface area contributed by atoms with E-state index in [4.69, 9.17) is 0 Å². The highest BCUT2D eigenvalue weighted by molar-refractivity contribution is 8.33. The fourth-order valence-corrected chi connectivity index (χ4v) is 11.7. The van der Waals surface area contributed by atoms with Gasteiger partial charge in [0, 0.05) is 34.1 Å². The average Bonchev–Trinajstić information content (AvgIpc) is 3.53. The molecular weight excluding hydrogens is 709 g/mol. The molecule has 0 amide bonds. The van der Waals surface area contributed by atoms with Crippen molar-refractivity contribution in [2.24, 2.45) is 0 Å². The number of benzene rings is 9. The zero-order chi connectivity index (χ0) is 38.6. The fraction of sp³-hybridized carbons (Fsp3) is 0.0741. The van der Waals surface area contributed by atoms with Gasteiger partial charge in [-0.3, -0.25) is 0 Å². The molecular formula is C54H44N2S. The minimum Gasteiger partial charge on any atom is -0.310 e. The van der Waals surface area contributed by atoms with Crippen LogP contribution in [0.2, 0.25) is 0 Å². The van der Waals surface area contributed by atoms with Crippen LogP contribution < -0.4 is 9.80 Å². The lowest BCUT2D eigenvalue weighted by atomic mass is 9.86. The minimum absolute atomic E-state index is 0.329. The number of fused-ring (bicyclic) bond motifs is 5. The Labute approximate surface area is 337 Å². The van der Waals surface area contributed by atoms with E-state index in [2.05, 4.69) is 241 Å². The summed E-state index contributed by atoms with van der Waals surface area (Å²) in [6, 6.07) is 78.0. The molecule has 0 bridgehead atoms. The predicted octanol–water partition coefficient (Wildman–Crippen LogP) is 14.9. The van der Waals surface area contributed by atoms with Crippen LogP contribution >= 0.6 is 10.0 Å². The first-order chi connectivity index (χ1) is 27.9. The van der Waals surface area contributed by atoms with Crippen LogP contribution in [0.25, 0.3) is 32.7 Å². The van der Waals surface area contributed by atoms with Gasteiger partial charge in [-0.2, -0.15) is 0 Å². The highest BCUT2D eigenvalue weighted by Crippen LogP contribution is 2.70. The maximum atomic E-state index is 2.52. The average molecular weight is 753 g/mol. The Morgan fingerprint density at radius 1 is 0.316 bits per heavy atom. The molecule has 0 saturated carbocycles. The smallest absolute Gasteiger partial charge is 0.0762 e. The van der Waals surface area contributed by atoms with E-state index in [-0.39, 0.29) is 4.75 Å². The first kappa shape index (κ1) is 34.9. The summed E-state index contributed by atoms with van der Waals surface area (Å²) in [5.41, 5.74) is 13.6. The Kier molecular flexibility index (Phi) is 8.50. The Hall–Kier alpha value is -6.55. The summed E-state index contributed by atoms with van der Waals surface area (Å²) in [7, 11) is -1.33. The number of hydrogen-bond donors (Lipinski definition) is 0. The van der Waals surface area contributed by atoms with E-state index in [0.29, 0.717) is 0 Å². The quantitative estimate of drug-likeness (QED) is 0.152. The molecule has 57 heavy (non-hydrogen) atoms. The fourth-order valence-electron chi connectivity index (χ4n) is 9.22. The van der Waals surface area contributed by atoms with Crippen molar-refractivity contribution in [3.63, 3.8) is 0 Å². The van der Waals surface area contributed by atoms with Crippen LogP contribution in [0.3, 0.4) is 0 Å². The SMILES string of the molecule is CS(C)(C)C1(c2ccccc2)c2cc3cc(N(c4ccccc4)c4ccccc4)ccc3cc2-c2cc3ccc(N(c4ccccc4)c4ccccc4)cc3cc21. The first-order valence-corrected chi connectivity index (χ1v) is 22.5. The van der Waals surface area contributed by atoms with Gasteiger partial charge in [-0.05, 0) is 165 Å². The maximum absolute atomic E-state index is 2.52. The molecule has 0 aromatic heterocycles. The van der Waals surface area contributed by atoms with Gasteiger partial charge in [0.25, 0.3) is 0 Å². The Morgan fingerprint density at radius 2 is 0.649 bits per heavy atom. The van der Waals surface area contributed by atoms with E-state index >= 15 is 0 Å². The van der Waals surface area contributed by atoms with Crippen molar-refractivity contribution < 1.29 is 0 Å². The summed E-state index contributed by atoms with van der Waals surface area (Å²) >= 11 is 0. The topological polar surface area (TPSA) is 6.48 Å². The van der Waals surface area contributed by atoms with E-state index in [0.717, 1.165) is 34.1 Å². The lowest BCUT2D eigenvalue weighted by Gasteiger charge is -2.48. The van der Waals surface area contributed by atoms with Crippen LogP contribution in [0.4, 0.5) is 34.1 Å². The van der Waals surface area contributed by atoms with Gasteiger partial charge < -0.3 is 9.80 Å². The third-order valence-corrected chi connectivity index (χ3v) is 14.2. The van der Waals surface area contributed by atoms with Gasteiger partial charge >= 0.3 is 0 Å². The van der Waals surface area contributed by atoms with Crippen LogP contribution in [0.1, 0.15) is 16.7 Å². The van der Waals surface area contributed by atoms with Gasteiger partial charge in [0.15, 0.2) is 0 Å². The number of rotatable bonds is 8. The second kappa shape index (κ2) is 13.9. The summed E-state index contributed by atoms with van der Waals surface area (Å²) < 4.78 is -0.329. The van der Waals surface area contributed by atoms with Crippen LogP contribution in [0, 0.1) is 0 Å². The number of para-hydroxylation sites is 4. The minimum atomic E-state index is -1.33. The molecule has 0 aliphatic heterocycles. The highest BCUT2D eigenvalue weighted by atomic mass is 32.3. The molecule has 0 radical (unpaired) electrons. The number of anilines is 6. The molecule has 10 rings (SSSR count). The van der Waals surface area contributed by atoms with Crippen molar-refractivity contribution in [1.82, 2.24) is 0 Å². The van der Waals surface area contributed by atoms with E-state index < -0.39 is 10.0 Å². The molecule has 0 saturated heterocycles. The van der Waals surface area contributed by atoms with E-state index in [9.17, 15) is 0 Å². The molecule has 1 aliphatic rings. The monoisotopic (exact) mass is 752 g/mol. The van der Waals surface area contributed by atoms with Gasteiger partial charge in [0.1, 0.15) is 0 Å². The Morgan fingerprint density at radius 3 is 0.982 bits per heavy atom. The van der Waals surface area contributed by atoms with Crippen LogP contribution in [0.5, 0.6) is 0 Å². The summed E-state index contributed by atoms with van der Waals surface area (Å²) in [6.07, 6.45) is 7.50. The number of nitrogens with zero attached hydrogens (tertiary/aromatic N) is 2. The van der Waals surface area contributed by atoms with Crippen molar-refractivity contribution in [3.05, 3.63) is 229 Å². The molecule has 2 nitrogen and oxygen atoms in total. The van der Waals surface area contributed by atoms with E-state index in [1.165, 1.54) is 49.4 Å². The maximum Gasteiger partial charge on any atom is 0.0762 e. The summed E-state index contributed by atoms with van der Waals surface area (Å²) in [5, 5.41) is 4.98. The summed E-state index contributed by atoms with van der Waals surface area (Å²) in [6.45, 7) is 0. The lowest BCUT2D eigenvalue weighted by Crippen LogP contribution is -2.32. The molecule has 0 fully saturated rings. The molecule has 3 heteroatoms. The predicted molar refractivity (Wildman–Crippen MR) is 248 cm³/mol. The molecule has 1 aliphatic carbocycles. The summed E-state index contributed by atoms with van der Waals surface area (Å²) in [5.74, 6) is 0. The van der Waals surface area contributed by atoms with Crippen molar-refractivity contribution in [1.29, 1.82) is 0 Å². The van der Waals surface area contributed by atoms with Crippen molar-refractivity contribution in [2.75, 3.05) is 28.6 Å². The van der Waals surface area contributed by atoms with Gasteiger partial charge in [-0.15, -0.1) is 0 Å². The largest absolute Gasteiger partial charge is 0.310 e. The van der Waals surface area contributed by atoms with Crippen molar-refractivity contribution in [2.45, 2.75) is 4.75 Å². The zero-order valence-electron chi connectivity index (χ0n) is 32.5.